The number of rotatable bonds is 7. The number of alkyl halides is 3. The molecule has 0 amide bonds. The lowest BCUT2D eigenvalue weighted by atomic mass is 9.90. The number of para-hydroxylation sites is 1. The maximum atomic E-state index is 14.1. The average Bonchev–Trinajstić information content (AvgIpc) is 3.71. The number of aromatic nitrogens is 4. The van der Waals surface area contributed by atoms with Crippen molar-refractivity contribution in [1.82, 2.24) is 19.5 Å². The second-order valence-electron chi connectivity index (χ2n) is 16.1. The molecule has 0 atom stereocenters. The van der Waals surface area contributed by atoms with Gasteiger partial charge in [0.25, 0.3) is 0 Å². The van der Waals surface area contributed by atoms with E-state index in [1.165, 1.54) is 12.1 Å². The Bertz CT molecular complexity index is 3630. The molecule has 10 aromatic rings. The number of fused-ring (bicyclic) bond motifs is 3. The molecule has 0 bridgehead atoms. The van der Waals surface area contributed by atoms with E-state index in [0.29, 0.717) is 73.2 Å². The number of benzene rings is 8. The van der Waals surface area contributed by atoms with Gasteiger partial charge in [-0.15, -0.1) is 0 Å². The summed E-state index contributed by atoms with van der Waals surface area (Å²) in [6, 6.07) is 54.4. The average molecular weight is 885 g/mol. The van der Waals surface area contributed by atoms with E-state index in [4.69, 9.17) is 28.1 Å². The maximum Gasteiger partial charge on any atom is 0.416 e. The smallest absolute Gasteiger partial charge is 0.308 e. The summed E-state index contributed by atoms with van der Waals surface area (Å²) in [5.41, 5.74) is 7.79. The Kier molecular flexibility index (Phi) is 10.6. The first kappa shape index (κ1) is 42.3. The predicted molar refractivity (Wildman–Crippen MR) is 258 cm³/mol. The molecule has 2 heterocycles. The second-order valence-corrected chi connectivity index (χ2v) is 16.1. The van der Waals surface area contributed by atoms with Crippen LogP contribution in [0.15, 0.2) is 170 Å². The van der Waals surface area contributed by atoms with Crippen LogP contribution in [0.2, 0.25) is 0 Å². The fourth-order valence-electron chi connectivity index (χ4n) is 8.68. The summed E-state index contributed by atoms with van der Waals surface area (Å²) < 4.78 is 44.4. The Hall–Kier alpha value is -9.68. The lowest BCUT2D eigenvalue weighted by Gasteiger charge is -2.22. The minimum Gasteiger partial charge on any atom is -0.308 e. The fourth-order valence-corrected chi connectivity index (χ4v) is 8.68. The van der Waals surface area contributed by atoms with E-state index < -0.39 is 11.7 Å². The van der Waals surface area contributed by atoms with Crippen LogP contribution < -0.4 is 0 Å². The van der Waals surface area contributed by atoms with E-state index in [0.717, 1.165) is 39.5 Å². The van der Waals surface area contributed by atoms with Crippen LogP contribution in [0.3, 0.4) is 0 Å². The number of nitrogens with zero attached hydrogens (tertiary/aromatic N) is 8. The highest BCUT2D eigenvalue weighted by molar-refractivity contribution is 6.12. The first-order valence-corrected chi connectivity index (χ1v) is 21.2. The van der Waals surface area contributed by atoms with Gasteiger partial charge in [0.1, 0.15) is 0 Å². The Morgan fingerprint density at radius 3 is 1.57 bits per heavy atom. The number of halogens is 3. The summed E-state index contributed by atoms with van der Waals surface area (Å²) in [5, 5.41) is 22.2. The van der Waals surface area contributed by atoms with Crippen molar-refractivity contribution < 1.29 is 13.2 Å². The lowest BCUT2D eigenvalue weighted by molar-refractivity contribution is -0.137. The molecular weight excluding hydrogens is 854 g/mol. The molecule has 0 fully saturated rings. The van der Waals surface area contributed by atoms with Gasteiger partial charge in [-0.05, 0) is 95.4 Å². The van der Waals surface area contributed by atoms with Crippen molar-refractivity contribution in [1.29, 1.82) is 10.5 Å². The Morgan fingerprint density at radius 2 is 1.01 bits per heavy atom. The molecule has 8 nitrogen and oxygen atoms in total. The molecule has 11 heteroatoms. The Balaban J connectivity index is 1.35. The zero-order valence-corrected chi connectivity index (χ0v) is 35.9. The molecule has 2 aromatic heterocycles. The van der Waals surface area contributed by atoms with Crippen molar-refractivity contribution in [3.63, 3.8) is 0 Å². The van der Waals surface area contributed by atoms with E-state index in [1.807, 2.05) is 114 Å². The van der Waals surface area contributed by atoms with E-state index in [-0.39, 0.29) is 22.5 Å². The maximum absolute atomic E-state index is 14.1. The third-order valence-electron chi connectivity index (χ3n) is 11.7. The second kappa shape index (κ2) is 17.0. The van der Waals surface area contributed by atoms with Crippen molar-refractivity contribution in [3.05, 3.63) is 215 Å². The molecule has 0 aliphatic heterocycles. The molecule has 0 saturated carbocycles. The molecule has 0 saturated heterocycles. The molecule has 320 valence electrons. The number of nitriles is 2. The van der Waals surface area contributed by atoms with E-state index in [1.54, 1.807) is 43.3 Å². The zero-order valence-electron chi connectivity index (χ0n) is 35.9. The third-order valence-corrected chi connectivity index (χ3v) is 11.7. The molecule has 0 aliphatic carbocycles. The van der Waals surface area contributed by atoms with Crippen LogP contribution in [0.25, 0.3) is 105 Å². The summed E-state index contributed by atoms with van der Waals surface area (Å²) in [4.78, 5) is 22.5. The molecule has 8 aromatic carbocycles. The Morgan fingerprint density at radius 1 is 0.485 bits per heavy atom. The quantitative estimate of drug-likeness (QED) is 0.148. The van der Waals surface area contributed by atoms with Crippen LogP contribution in [-0.4, -0.2) is 19.5 Å². The predicted octanol–water partition coefficient (Wildman–Crippen LogP) is 15.1. The number of aryl methyl sites for hydroxylation is 1. The molecule has 68 heavy (non-hydrogen) atoms. The Labute approximate surface area is 388 Å². The monoisotopic (exact) mass is 884 g/mol. The van der Waals surface area contributed by atoms with Gasteiger partial charge in [-0.25, -0.2) is 24.6 Å². The van der Waals surface area contributed by atoms with Crippen LogP contribution in [-0.2, 0) is 6.18 Å². The third kappa shape index (κ3) is 7.83. The summed E-state index contributed by atoms with van der Waals surface area (Å²) in [6.45, 7) is 17.7. The highest BCUT2D eigenvalue weighted by Crippen LogP contribution is 2.46. The first-order chi connectivity index (χ1) is 33.0. The highest BCUT2D eigenvalue weighted by Gasteiger charge is 2.31. The largest absolute Gasteiger partial charge is 0.416 e. The normalized spacial score (nSPS) is 11.2. The van der Waals surface area contributed by atoms with Gasteiger partial charge in [-0.2, -0.15) is 23.7 Å². The minimum atomic E-state index is -4.54. The van der Waals surface area contributed by atoms with Crippen molar-refractivity contribution in [3.8, 4) is 85.4 Å². The molecule has 10 rings (SSSR count). The summed E-state index contributed by atoms with van der Waals surface area (Å²) in [7, 11) is 0. The van der Waals surface area contributed by atoms with E-state index in [9.17, 15) is 23.7 Å². The molecule has 0 N–H and O–H groups in total. The first-order valence-electron chi connectivity index (χ1n) is 21.2. The summed E-state index contributed by atoms with van der Waals surface area (Å²) in [5.74, 6) is 1.14. The van der Waals surface area contributed by atoms with Gasteiger partial charge >= 0.3 is 6.18 Å². The SMILES string of the molecule is [C-]#[N+]c1cc([N+]#[C-])cc(-c2cc(-c3nc(-c4ccccc4)nc(-c4ccccc4)n3)cc(-c3cc(C#N)cc(C#N)c3)c2-n2c3ccccc3c3cc(-c4cc(C)cc(C(F)(F)F)c4)ccc32)c1. The van der Waals surface area contributed by atoms with Gasteiger partial charge in [0, 0.05) is 38.6 Å². The standard InChI is InChI=1S/C57H31F3N8/c1-34-20-40(25-44(21-34)57(58,59)60)39-18-19-52-50(28-39)47-16-10-11-17-51(47)68(52)53-48(41-23-35(32-61)22-36(24-41)33-62)29-43(30-49(53)42-26-45(63-2)31-46(27-42)64-3)56-66-54(37-12-6-4-7-13-37)65-55(67-56)38-14-8-5-9-15-38/h4-31H,1H3. The van der Waals surface area contributed by atoms with Gasteiger partial charge in [0.2, 0.25) is 0 Å². The molecule has 0 radical (unpaired) electrons. The van der Waals surface area contributed by atoms with E-state index in [2.05, 4.69) is 21.8 Å². The van der Waals surface area contributed by atoms with Crippen LogP contribution in [0.1, 0.15) is 22.3 Å². The number of hydrogen-bond acceptors (Lipinski definition) is 5. The number of hydrogen-bond donors (Lipinski definition) is 0. The molecule has 0 aliphatic rings. The van der Waals surface area contributed by atoms with E-state index >= 15 is 0 Å². The fraction of sp³-hybridized carbons (Fsp3) is 0.0351. The van der Waals surface area contributed by atoms with Gasteiger partial charge in [0.15, 0.2) is 28.8 Å². The van der Waals surface area contributed by atoms with Crippen LogP contribution in [0.5, 0.6) is 0 Å². The van der Waals surface area contributed by atoms with Gasteiger partial charge < -0.3 is 4.57 Å². The van der Waals surface area contributed by atoms with Crippen LogP contribution in [0.4, 0.5) is 24.5 Å². The van der Waals surface area contributed by atoms with Crippen LogP contribution in [0, 0.1) is 42.7 Å². The summed E-state index contributed by atoms with van der Waals surface area (Å²) >= 11 is 0. The van der Waals surface area contributed by atoms with Gasteiger partial charge in [-0.1, -0.05) is 109 Å². The molecule has 0 spiro atoms. The minimum absolute atomic E-state index is 0.228. The lowest BCUT2D eigenvalue weighted by Crippen LogP contribution is -2.05. The van der Waals surface area contributed by atoms with Crippen molar-refractivity contribution in [2.75, 3.05) is 0 Å². The van der Waals surface area contributed by atoms with Gasteiger partial charge in [-0.3, -0.25) is 0 Å². The van der Waals surface area contributed by atoms with Crippen molar-refractivity contribution in [2.45, 2.75) is 13.1 Å². The summed E-state index contributed by atoms with van der Waals surface area (Å²) in [6.07, 6.45) is -4.54. The van der Waals surface area contributed by atoms with Crippen molar-refractivity contribution >= 4 is 33.2 Å². The highest BCUT2D eigenvalue weighted by atomic mass is 19.4. The topological polar surface area (TPSA) is 99.9 Å². The van der Waals surface area contributed by atoms with Gasteiger partial charge in [0.05, 0.1) is 58.7 Å². The zero-order chi connectivity index (χ0) is 47.1. The molecular formula is C57H31F3N8. The molecule has 0 unspecified atom stereocenters. The van der Waals surface area contributed by atoms with Crippen molar-refractivity contribution in [2.24, 2.45) is 0 Å². The van der Waals surface area contributed by atoms with Crippen LogP contribution >= 0.6 is 0 Å².